The van der Waals surface area contributed by atoms with E-state index in [1.54, 1.807) is 17.9 Å². The van der Waals surface area contributed by atoms with E-state index in [0.29, 0.717) is 22.9 Å². The molecule has 2 aliphatic rings. The van der Waals surface area contributed by atoms with Crippen LogP contribution in [0.5, 0.6) is 0 Å². The van der Waals surface area contributed by atoms with Crippen molar-refractivity contribution >= 4 is 17.0 Å². The zero-order valence-electron chi connectivity index (χ0n) is 15.7. The molecular formula is C19H30N6O. The second kappa shape index (κ2) is 7.78. The van der Waals surface area contributed by atoms with E-state index >= 15 is 0 Å². The van der Waals surface area contributed by atoms with Gasteiger partial charge in [0.05, 0.1) is 6.20 Å². The van der Waals surface area contributed by atoms with Crippen LogP contribution in [-0.2, 0) is 7.05 Å². The van der Waals surface area contributed by atoms with Crippen LogP contribution in [0.15, 0.2) is 11.0 Å². The van der Waals surface area contributed by atoms with Crippen molar-refractivity contribution < 1.29 is 0 Å². The van der Waals surface area contributed by atoms with Crippen LogP contribution in [0.3, 0.4) is 0 Å². The minimum atomic E-state index is -0.0936. The molecule has 26 heavy (non-hydrogen) atoms. The van der Waals surface area contributed by atoms with Gasteiger partial charge in [-0.3, -0.25) is 14.5 Å². The monoisotopic (exact) mass is 358 g/mol. The number of H-pyrrole nitrogens is 1. The van der Waals surface area contributed by atoms with Gasteiger partial charge in [0.2, 0.25) is 5.95 Å². The first-order valence-corrected chi connectivity index (χ1v) is 10.1. The van der Waals surface area contributed by atoms with Crippen LogP contribution >= 0.6 is 0 Å². The van der Waals surface area contributed by atoms with Gasteiger partial charge in [-0.25, -0.2) is 4.98 Å². The highest BCUT2D eigenvalue weighted by molar-refractivity contribution is 5.74. The third kappa shape index (κ3) is 3.77. The molecule has 0 amide bonds. The number of hydrogen-bond donors (Lipinski definition) is 2. The zero-order valence-corrected chi connectivity index (χ0v) is 15.7. The molecule has 1 saturated heterocycles. The van der Waals surface area contributed by atoms with E-state index < -0.39 is 0 Å². The lowest BCUT2D eigenvalue weighted by Gasteiger charge is -2.34. The molecule has 0 atom stereocenters. The summed E-state index contributed by atoms with van der Waals surface area (Å²) in [5, 5.41) is 7.64. The van der Waals surface area contributed by atoms with Crippen LogP contribution in [-0.4, -0.2) is 45.9 Å². The number of hydrogen-bond acceptors (Lipinski definition) is 5. The fraction of sp³-hybridized carbons (Fsp3) is 0.737. The summed E-state index contributed by atoms with van der Waals surface area (Å²) in [5.74, 6) is 2.09. The van der Waals surface area contributed by atoms with Crippen LogP contribution in [0.2, 0.25) is 0 Å². The van der Waals surface area contributed by atoms with Gasteiger partial charge in [0.25, 0.3) is 5.56 Å². The van der Waals surface area contributed by atoms with Crippen LogP contribution < -0.4 is 15.8 Å². The standard InChI is InChI=1S/C19H30N6O/c1-24-17-16(11-21-24)22-19(23-18(17)26)25(12-14-5-3-2-4-6-14)13-15-7-9-20-10-8-15/h11,14-15,20H,2-10,12-13H2,1H3,(H,22,23,26). The van der Waals surface area contributed by atoms with Crippen LogP contribution in [0.4, 0.5) is 5.95 Å². The number of nitrogens with one attached hydrogen (secondary N) is 2. The summed E-state index contributed by atoms with van der Waals surface area (Å²) in [6, 6.07) is 0. The lowest BCUT2D eigenvalue weighted by atomic mass is 9.88. The molecule has 0 aromatic carbocycles. The van der Waals surface area contributed by atoms with Gasteiger partial charge in [0.15, 0.2) is 5.52 Å². The molecular weight excluding hydrogens is 328 g/mol. The quantitative estimate of drug-likeness (QED) is 0.855. The first-order chi connectivity index (χ1) is 12.7. The maximum atomic E-state index is 12.6. The number of rotatable bonds is 5. The summed E-state index contributed by atoms with van der Waals surface area (Å²) >= 11 is 0. The average Bonchev–Trinajstić information content (AvgIpc) is 3.04. The fourth-order valence-electron chi connectivity index (χ4n) is 4.53. The van der Waals surface area contributed by atoms with Crippen molar-refractivity contribution in [3.05, 3.63) is 16.6 Å². The summed E-state index contributed by atoms with van der Waals surface area (Å²) in [6.45, 7) is 4.16. The maximum absolute atomic E-state index is 12.6. The van der Waals surface area contributed by atoms with Crippen molar-refractivity contribution in [3.8, 4) is 0 Å². The Labute approximate surface area is 154 Å². The summed E-state index contributed by atoms with van der Waals surface area (Å²) in [6.07, 6.45) is 10.7. The van der Waals surface area contributed by atoms with Crippen molar-refractivity contribution in [1.82, 2.24) is 25.1 Å². The highest BCUT2D eigenvalue weighted by atomic mass is 16.1. The van der Waals surface area contributed by atoms with Gasteiger partial charge in [-0.05, 0) is 50.6 Å². The van der Waals surface area contributed by atoms with Gasteiger partial charge < -0.3 is 10.2 Å². The van der Waals surface area contributed by atoms with E-state index in [9.17, 15) is 4.79 Å². The Bertz CT molecular complexity index is 765. The van der Waals surface area contributed by atoms with E-state index in [0.717, 1.165) is 32.1 Å². The molecule has 2 aromatic rings. The van der Waals surface area contributed by atoms with E-state index in [2.05, 4.69) is 20.3 Å². The Hall–Kier alpha value is -1.89. The predicted molar refractivity (Wildman–Crippen MR) is 104 cm³/mol. The summed E-state index contributed by atoms with van der Waals surface area (Å²) < 4.78 is 1.60. The van der Waals surface area contributed by atoms with Gasteiger partial charge in [0.1, 0.15) is 5.52 Å². The SMILES string of the molecule is Cn1ncc2nc(N(CC3CCCCC3)CC3CCNCC3)[nH]c(=O)c21. The van der Waals surface area contributed by atoms with E-state index in [1.807, 2.05) is 0 Å². The average molecular weight is 358 g/mol. The van der Waals surface area contributed by atoms with Gasteiger partial charge in [0, 0.05) is 20.1 Å². The third-order valence-electron chi connectivity index (χ3n) is 6.03. The Morgan fingerprint density at radius 2 is 1.81 bits per heavy atom. The molecule has 3 heterocycles. The zero-order chi connectivity index (χ0) is 17.9. The molecule has 7 heteroatoms. The highest BCUT2D eigenvalue weighted by Gasteiger charge is 2.24. The van der Waals surface area contributed by atoms with Crippen LogP contribution in [0.25, 0.3) is 11.0 Å². The molecule has 7 nitrogen and oxygen atoms in total. The fourth-order valence-corrected chi connectivity index (χ4v) is 4.53. The molecule has 0 bridgehead atoms. The number of nitrogens with zero attached hydrogens (tertiary/aromatic N) is 4. The second-order valence-electron chi connectivity index (χ2n) is 7.99. The molecule has 0 radical (unpaired) electrons. The molecule has 142 valence electrons. The first kappa shape index (κ1) is 17.5. The van der Waals surface area contributed by atoms with Crippen molar-refractivity contribution in [3.63, 3.8) is 0 Å². The van der Waals surface area contributed by atoms with Crippen molar-refractivity contribution in [2.24, 2.45) is 18.9 Å². The molecule has 4 rings (SSSR count). The first-order valence-electron chi connectivity index (χ1n) is 10.1. The second-order valence-corrected chi connectivity index (χ2v) is 7.99. The Morgan fingerprint density at radius 1 is 1.12 bits per heavy atom. The smallest absolute Gasteiger partial charge is 0.278 e. The largest absolute Gasteiger partial charge is 0.342 e. The minimum Gasteiger partial charge on any atom is -0.342 e. The number of aromatic nitrogens is 4. The van der Waals surface area contributed by atoms with Crippen molar-refractivity contribution in [2.45, 2.75) is 44.9 Å². The number of anilines is 1. The Morgan fingerprint density at radius 3 is 2.54 bits per heavy atom. The van der Waals surface area contributed by atoms with Crippen LogP contribution in [0.1, 0.15) is 44.9 Å². The van der Waals surface area contributed by atoms with E-state index in [-0.39, 0.29) is 5.56 Å². The third-order valence-corrected chi connectivity index (χ3v) is 6.03. The van der Waals surface area contributed by atoms with Gasteiger partial charge in [-0.15, -0.1) is 0 Å². The summed E-state index contributed by atoms with van der Waals surface area (Å²) in [7, 11) is 1.79. The Kier molecular flexibility index (Phi) is 5.24. The number of piperidine rings is 1. The molecule has 0 unspecified atom stereocenters. The molecule has 2 fully saturated rings. The van der Waals surface area contributed by atoms with E-state index in [1.165, 1.54) is 44.9 Å². The summed E-state index contributed by atoms with van der Waals surface area (Å²) in [4.78, 5) is 22.7. The maximum Gasteiger partial charge on any atom is 0.278 e. The van der Waals surface area contributed by atoms with Crippen molar-refractivity contribution in [1.29, 1.82) is 0 Å². The molecule has 0 spiro atoms. The molecule has 2 aromatic heterocycles. The van der Waals surface area contributed by atoms with E-state index in [4.69, 9.17) is 4.98 Å². The molecule has 1 aliphatic heterocycles. The molecule has 1 aliphatic carbocycles. The highest BCUT2D eigenvalue weighted by Crippen LogP contribution is 2.27. The number of fused-ring (bicyclic) bond motifs is 1. The van der Waals surface area contributed by atoms with Crippen LogP contribution in [0, 0.1) is 11.8 Å². The lowest BCUT2D eigenvalue weighted by Crippen LogP contribution is -2.40. The molecule has 1 saturated carbocycles. The van der Waals surface area contributed by atoms with Gasteiger partial charge >= 0.3 is 0 Å². The molecule has 2 N–H and O–H groups in total. The Balaban J connectivity index is 1.61. The van der Waals surface area contributed by atoms with Crippen molar-refractivity contribution in [2.75, 3.05) is 31.1 Å². The van der Waals surface area contributed by atoms with Gasteiger partial charge in [-0.2, -0.15) is 5.10 Å². The normalized spacial score (nSPS) is 19.9. The van der Waals surface area contributed by atoms with Gasteiger partial charge in [-0.1, -0.05) is 19.3 Å². The number of aromatic amines is 1. The topological polar surface area (TPSA) is 78.8 Å². The number of aryl methyl sites for hydroxylation is 1. The predicted octanol–water partition coefficient (Wildman–Crippen LogP) is 2.04. The minimum absolute atomic E-state index is 0.0936. The lowest BCUT2D eigenvalue weighted by molar-refractivity contribution is 0.331. The summed E-state index contributed by atoms with van der Waals surface area (Å²) in [5.41, 5.74) is 1.14.